The Kier molecular flexibility index (Phi) is 46.3. The van der Waals surface area contributed by atoms with E-state index in [1.807, 2.05) is 72.1 Å². The van der Waals surface area contributed by atoms with E-state index in [4.69, 9.17) is 14.6 Å². The Morgan fingerprint density at radius 3 is 1.92 bits per heavy atom. The smallest absolute Gasteiger partial charge is 0.243 e. The summed E-state index contributed by atoms with van der Waals surface area (Å²) in [4.78, 5) is 99.8. The fourth-order valence-electron chi connectivity index (χ4n) is 9.21. The average molecular weight is 1140 g/mol. The summed E-state index contributed by atoms with van der Waals surface area (Å²) in [6, 6.07) is 8.44. The Balaban J connectivity index is -0.00000114. The lowest BCUT2D eigenvalue weighted by Crippen LogP contribution is -2.50. The van der Waals surface area contributed by atoms with Gasteiger partial charge in [-0.3, -0.25) is 24.0 Å². The van der Waals surface area contributed by atoms with Gasteiger partial charge in [0.1, 0.15) is 31.1 Å². The molecule has 0 saturated carbocycles. The van der Waals surface area contributed by atoms with Crippen LogP contribution in [-0.2, 0) is 54.3 Å². The number of aldehydes is 3. The first-order valence-corrected chi connectivity index (χ1v) is 29.4. The molecule has 458 valence electrons. The molecular formula is C60H109FN6O11S. The molecule has 0 bridgehead atoms. The average Bonchev–Trinajstić information content (AvgIpc) is 3.79. The van der Waals surface area contributed by atoms with E-state index >= 15 is 0 Å². The molecule has 1 aromatic rings. The molecule has 1 fully saturated rings. The van der Waals surface area contributed by atoms with Crippen LogP contribution in [0.1, 0.15) is 152 Å². The number of likely N-dealkylation sites (N-methyl/N-ethyl adjacent to an activating group) is 2. The van der Waals surface area contributed by atoms with Gasteiger partial charge in [0.15, 0.2) is 0 Å². The number of alkyl halides is 1. The maximum absolute atomic E-state index is 14.1. The molecule has 19 heteroatoms. The number of methoxy groups -OCH3 is 2. The number of aliphatic hydroxyl groups excluding tert-OH is 1. The number of rotatable bonds is 33. The van der Waals surface area contributed by atoms with Gasteiger partial charge in [-0.15, -0.1) is 0 Å². The van der Waals surface area contributed by atoms with Crippen molar-refractivity contribution in [2.24, 2.45) is 23.2 Å². The summed E-state index contributed by atoms with van der Waals surface area (Å²) in [6.07, 6.45) is 9.68. The first-order valence-electron chi connectivity index (χ1n) is 28.4. The van der Waals surface area contributed by atoms with E-state index in [9.17, 15) is 42.7 Å². The van der Waals surface area contributed by atoms with Crippen LogP contribution in [0.3, 0.4) is 0 Å². The number of aliphatic hydroxyl groups is 1. The van der Waals surface area contributed by atoms with Crippen molar-refractivity contribution in [1.82, 2.24) is 30.2 Å². The zero-order chi connectivity index (χ0) is 61.3. The predicted molar refractivity (Wildman–Crippen MR) is 318 cm³/mol. The summed E-state index contributed by atoms with van der Waals surface area (Å²) >= 11 is 1.55. The van der Waals surface area contributed by atoms with Gasteiger partial charge < -0.3 is 59.2 Å². The molecule has 0 aromatic heterocycles. The van der Waals surface area contributed by atoms with E-state index in [1.54, 1.807) is 49.9 Å². The number of nitrogens with one attached hydrogen (secondary N) is 2. The van der Waals surface area contributed by atoms with E-state index in [0.717, 1.165) is 63.1 Å². The number of carbonyl (C=O) groups excluding carboxylic acids is 8. The predicted octanol–water partition coefficient (Wildman–Crippen LogP) is 7.87. The molecule has 1 saturated heterocycles. The van der Waals surface area contributed by atoms with E-state index in [0.29, 0.717) is 50.8 Å². The summed E-state index contributed by atoms with van der Waals surface area (Å²) in [5.41, 5.74) is 1.31. The number of nitrogens with zero attached hydrogens (tertiary/aromatic N) is 4. The van der Waals surface area contributed by atoms with Gasteiger partial charge in [0, 0.05) is 67.3 Å². The molecular weight excluding hydrogens is 1030 g/mol. The lowest BCUT2D eigenvalue weighted by molar-refractivity contribution is -0.140. The third kappa shape index (κ3) is 34.6. The SMILES string of the molecule is CC(C)C(C(=O)NCC=O)N(C)C(=O)CCCCCN(C)C(=O)CC(C=O)SCCCC(C)(C)C.CCC.CCC(C)C(C(CC(=O)N1CC(F)CC1C(OC)C(C)C)OC)N(C)C.CO.O=CNC(C=O)Cc1ccccc1. The van der Waals surface area contributed by atoms with Crippen molar-refractivity contribution in [1.29, 1.82) is 0 Å². The number of amides is 5. The second-order valence-corrected chi connectivity index (χ2v) is 23.6. The molecule has 2 rings (SSSR count). The number of thioether (sulfide) groups is 1. The standard InChI is InChI=1S/C26H47N3O5S.C20H39FN2O3.C10H11NO2.C3H8.CH4O/c1-20(2)24(25(34)27-14-16-30)29(7)22(32)12-9-8-10-15-28(6)23(33)18-21(19-31)35-17-11-13-26(3,4)5;1-9-14(4)19(22(5)6)17(25-7)11-18(24)23-12-15(21)10-16(23)20(26-8)13(2)3;12-7-10(11-8-13)6-9-4-2-1-3-5-9;1-3-2;1-2/h16,19-21,24H,8-15,17-18H2,1-7H3,(H,27,34);13-17,19-20H,9-12H2,1-8H3;1-5,7-8,10H,6H2,(H,11,13);3H2,1-2H3;2H,1H3. The fraction of sp³-hybridized carbons (Fsp3) is 0.767. The van der Waals surface area contributed by atoms with Gasteiger partial charge in [-0.05, 0) is 80.7 Å². The molecule has 1 aliphatic rings. The monoisotopic (exact) mass is 1140 g/mol. The second kappa shape index (κ2) is 46.3. The minimum absolute atomic E-state index is 0.0395. The van der Waals surface area contributed by atoms with E-state index in [-0.39, 0.29) is 96.4 Å². The Morgan fingerprint density at radius 2 is 1.46 bits per heavy atom. The van der Waals surface area contributed by atoms with Crippen LogP contribution in [0.4, 0.5) is 4.39 Å². The number of carbonyl (C=O) groups is 8. The number of benzene rings is 1. The summed E-state index contributed by atoms with van der Waals surface area (Å²) in [5.74, 6) is 0.878. The van der Waals surface area contributed by atoms with Crippen molar-refractivity contribution >= 4 is 60.7 Å². The largest absolute Gasteiger partial charge is 0.400 e. The maximum atomic E-state index is 14.1. The Labute approximate surface area is 481 Å². The molecule has 0 spiro atoms. The molecule has 9 unspecified atom stereocenters. The van der Waals surface area contributed by atoms with Gasteiger partial charge in [0.05, 0.1) is 49.1 Å². The summed E-state index contributed by atoms with van der Waals surface area (Å²) < 4.78 is 25.5. The van der Waals surface area contributed by atoms with Crippen LogP contribution in [0.2, 0.25) is 0 Å². The van der Waals surface area contributed by atoms with Gasteiger partial charge in [-0.25, -0.2) is 4.39 Å². The van der Waals surface area contributed by atoms with Crippen molar-refractivity contribution in [3.8, 4) is 0 Å². The lowest BCUT2D eigenvalue weighted by Gasteiger charge is -2.37. The summed E-state index contributed by atoms with van der Waals surface area (Å²) in [6.45, 7) is 23.6. The van der Waals surface area contributed by atoms with E-state index in [2.05, 4.69) is 64.0 Å². The minimum Gasteiger partial charge on any atom is -0.400 e. The topological polar surface area (TPSA) is 212 Å². The molecule has 1 aromatic carbocycles. The molecule has 9 atom stereocenters. The highest BCUT2D eigenvalue weighted by Crippen LogP contribution is 2.30. The lowest BCUT2D eigenvalue weighted by atomic mass is 9.91. The van der Waals surface area contributed by atoms with Gasteiger partial charge in [-0.2, -0.15) is 11.8 Å². The number of unbranched alkanes of at least 4 members (excludes halogenated alkanes) is 2. The van der Waals surface area contributed by atoms with Crippen LogP contribution in [0.15, 0.2) is 30.3 Å². The highest BCUT2D eigenvalue weighted by Gasteiger charge is 2.42. The van der Waals surface area contributed by atoms with Crippen LogP contribution in [0, 0.1) is 23.2 Å². The number of hydrogen-bond acceptors (Lipinski definition) is 13. The molecule has 0 aliphatic carbocycles. The van der Waals surface area contributed by atoms with E-state index in [1.165, 1.54) is 11.3 Å². The van der Waals surface area contributed by atoms with Crippen molar-refractivity contribution in [2.45, 2.75) is 201 Å². The molecule has 3 N–H and O–H groups in total. The molecule has 17 nitrogen and oxygen atoms in total. The molecule has 1 aliphatic heterocycles. The van der Waals surface area contributed by atoms with Gasteiger partial charge in [0.25, 0.3) is 0 Å². The minimum atomic E-state index is -0.986. The molecule has 5 amide bonds. The Morgan fingerprint density at radius 1 is 0.848 bits per heavy atom. The molecule has 79 heavy (non-hydrogen) atoms. The first kappa shape index (κ1) is 78.9. The van der Waals surface area contributed by atoms with Crippen LogP contribution in [-0.4, -0.2) is 196 Å². The van der Waals surface area contributed by atoms with Crippen LogP contribution < -0.4 is 10.6 Å². The highest BCUT2D eigenvalue weighted by molar-refractivity contribution is 8.00. The fourth-order valence-corrected chi connectivity index (χ4v) is 10.2. The molecule has 1 heterocycles. The number of halogens is 1. The zero-order valence-corrected chi connectivity index (χ0v) is 52.8. The zero-order valence-electron chi connectivity index (χ0n) is 52.0. The number of hydrogen-bond donors (Lipinski definition) is 3. The van der Waals surface area contributed by atoms with E-state index < -0.39 is 18.3 Å². The Bertz CT molecular complexity index is 1790. The third-order valence-electron chi connectivity index (χ3n) is 13.4. The maximum Gasteiger partial charge on any atom is 0.243 e. The van der Waals surface area contributed by atoms with Crippen molar-refractivity contribution in [2.75, 3.05) is 74.9 Å². The summed E-state index contributed by atoms with van der Waals surface area (Å²) in [5, 5.41) is 11.6. The van der Waals surface area contributed by atoms with Crippen molar-refractivity contribution < 1.29 is 57.3 Å². The first-order chi connectivity index (χ1) is 37.3. The normalized spacial score (nSPS) is 16.5. The highest BCUT2D eigenvalue weighted by atomic mass is 32.2. The van der Waals surface area contributed by atoms with Crippen LogP contribution >= 0.6 is 11.8 Å². The summed E-state index contributed by atoms with van der Waals surface area (Å²) in [7, 11) is 11.7. The van der Waals surface area contributed by atoms with Crippen LogP contribution in [0.25, 0.3) is 0 Å². The van der Waals surface area contributed by atoms with Gasteiger partial charge in [-0.1, -0.05) is 126 Å². The van der Waals surface area contributed by atoms with Gasteiger partial charge in [0.2, 0.25) is 30.0 Å². The molecule has 0 radical (unpaired) electrons. The van der Waals surface area contributed by atoms with Gasteiger partial charge >= 0.3 is 0 Å². The second-order valence-electron chi connectivity index (χ2n) is 22.3. The van der Waals surface area contributed by atoms with Crippen molar-refractivity contribution in [3.05, 3.63) is 35.9 Å². The number of likely N-dealkylation sites (tertiary alicyclic amines) is 1. The van der Waals surface area contributed by atoms with Crippen molar-refractivity contribution in [3.63, 3.8) is 0 Å². The quantitative estimate of drug-likeness (QED) is 0.0452. The van der Waals surface area contributed by atoms with Crippen LogP contribution in [0.5, 0.6) is 0 Å². The number of ether oxygens (including phenoxy) is 2. The third-order valence-corrected chi connectivity index (χ3v) is 14.6. The Hall–Kier alpha value is -4.30.